The van der Waals surface area contributed by atoms with Crippen molar-refractivity contribution >= 4 is 28.9 Å². The number of anilines is 2. The van der Waals surface area contributed by atoms with E-state index in [4.69, 9.17) is 11.6 Å². The van der Waals surface area contributed by atoms with Crippen molar-refractivity contribution in [1.82, 2.24) is 0 Å². The van der Waals surface area contributed by atoms with Gasteiger partial charge in [-0.3, -0.25) is 4.79 Å². The first-order valence-corrected chi connectivity index (χ1v) is 6.93. The van der Waals surface area contributed by atoms with Gasteiger partial charge in [-0.25, -0.2) is 0 Å². The van der Waals surface area contributed by atoms with Gasteiger partial charge in [0.15, 0.2) is 0 Å². The number of carbonyl (C=O) groups is 1. The maximum Gasteiger partial charge on any atom is 0.233 e. The summed E-state index contributed by atoms with van der Waals surface area (Å²) >= 11 is 5.98. The molecule has 0 saturated carbocycles. The molecule has 102 valence electrons. The minimum Gasteiger partial charge on any atom is -0.384 e. The van der Waals surface area contributed by atoms with Crippen molar-refractivity contribution in [2.24, 2.45) is 0 Å². The molecule has 2 aromatic rings. The molecule has 0 spiro atoms. The van der Waals surface area contributed by atoms with Gasteiger partial charge in [0.05, 0.1) is 5.92 Å². The molecule has 20 heavy (non-hydrogen) atoms. The van der Waals surface area contributed by atoms with E-state index in [1.807, 2.05) is 43.3 Å². The van der Waals surface area contributed by atoms with E-state index in [1.54, 1.807) is 6.07 Å². The molecule has 1 aliphatic rings. The summed E-state index contributed by atoms with van der Waals surface area (Å²) in [6.07, 6.45) is 0. The Balaban J connectivity index is 1.83. The normalized spacial score (nSPS) is 16.4. The zero-order valence-corrected chi connectivity index (χ0v) is 11.9. The molecule has 3 rings (SSSR count). The van der Waals surface area contributed by atoms with Crippen LogP contribution < -0.4 is 10.6 Å². The van der Waals surface area contributed by atoms with Crippen molar-refractivity contribution in [3.63, 3.8) is 0 Å². The van der Waals surface area contributed by atoms with E-state index in [2.05, 4.69) is 10.6 Å². The zero-order valence-electron chi connectivity index (χ0n) is 11.1. The van der Waals surface area contributed by atoms with Gasteiger partial charge < -0.3 is 10.6 Å². The van der Waals surface area contributed by atoms with Gasteiger partial charge in [0, 0.05) is 22.9 Å². The Bertz CT molecular complexity index is 669. The molecule has 1 atom stereocenters. The molecule has 1 amide bonds. The molecular formula is C16H15ClN2O. The number of halogens is 1. The molecule has 2 N–H and O–H groups in total. The average Bonchev–Trinajstić information content (AvgIpc) is 2.87. The smallest absolute Gasteiger partial charge is 0.233 e. The Morgan fingerprint density at radius 2 is 2.10 bits per heavy atom. The number of benzene rings is 2. The number of carbonyl (C=O) groups excluding carboxylic acids is 1. The predicted octanol–water partition coefficient (Wildman–Crippen LogP) is 3.80. The number of amides is 1. The van der Waals surface area contributed by atoms with Crippen molar-refractivity contribution in [2.45, 2.75) is 12.8 Å². The van der Waals surface area contributed by atoms with Crippen LogP contribution in [0.1, 0.15) is 17.0 Å². The van der Waals surface area contributed by atoms with E-state index in [0.29, 0.717) is 11.6 Å². The molecule has 1 aliphatic heterocycles. The third kappa shape index (κ3) is 2.37. The first kappa shape index (κ1) is 13.0. The Kier molecular flexibility index (Phi) is 3.36. The lowest BCUT2D eigenvalue weighted by Gasteiger charge is -2.13. The molecule has 0 aromatic heterocycles. The Labute approximate surface area is 123 Å². The second-order valence-corrected chi connectivity index (χ2v) is 5.41. The molecule has 3 nitrogen and oxygen atoms in total. The molecule has 0 saturated heterocycles. The van der Waals surface area contributed by atoms with E-state index in [-0.39, 0.29) is 11.8 Å². The van der Waals surface area contributed by atoms with Crippen LogP contribution in [0.2, 0.25) is 5.02 Å². The summed E-state index contributed by atoms with van der Waals surface area (Å²) in [5.41, 5.74) is 3.86. The molecule has 0 aliphatic carbocycles. The van der Waals surface area contributed by atoms with Crippen LogP contribution in [0.15, 0.2) is 42.5 Å². The van der Waals surface area contributed by atoms with Crippen LogP contribution in [0.5, 0.6) is 0 Å². The summed E-state index contributed by atoms with van der Waals surface area (Å²) in [7, 11) is 0. The number of hydrogen-bond acceptors (Lipinski definition) is 2. The van der Waals surface area contributed by atoms with Crippen LogP contribution >= 0.6 is 11.6 Å². The number of aryl methyl sites for hydroxylation is 1. The van der Waals surface area contributed by atoms with E-state index >= 15 is 0 Å². The fourth-order valence-electron chi connectivity index (χ4n) is 2.47. The molecule has 0 fully saturated rings. The van der Waals surface area contributed by atoms with Crippen LogP contribution in [0.3, 0.4) is 0 Å². The lowest BCUT2D eigenvalue weighted by molar-refractivity contribution is -0.117. The Morgan fingerprint density at radius 1 is 1.30 bits per heavy atom. The van der Waals surface area contributed by atoms with Crippen LogP contribution in [-0.2, 0) is 4.79 Å². The number of hydrogen-bond donors (Lipinski definition) is 2. The number of fused-ring (bicyclic) bond motifs is 1. The van der Waals surface area contributed by atoms with Gasteiger partial charge in [-0.2, -0.15) is 0 Å². The molecule has 1 unspecified atom stereocenters. The van der Waals surface area contributed by atoms with Gasteiger partial charge in [-0.05, 0) is 36.2 Å². The van der Waals surface area contributed by atoms with Gasteiger partial charge in [-0.1, -0.05) is 35.9 Å². The van der Waals surface area contributed by atoms with Crippen LogP contribution in [0, 0.1) is 6.92 Å². The second-order valence-electron chi connectivity index (χ2n) is 4.97. The monoisotopic (exact) mass is 286 g/mol. The highest BCUT2D eigenvalue weighted by molar-refractivity contribution is 6.31. The van der Waals surface area contributed by atoms with Gasteiger partial charge >= 0.3 is 0 Å². The molecule has 1 heterocycles. The lowest BCUT2D eigenvalue weighted by Crippen LogP contribution is -2.22. The van der Waals surface area contributed by atoms with Gasteiger partial charge in [-0.15, -0.1) is 0 Å². The molecule has 0 radical (unpaired) electrons. The summed E-state index contributed by atoms with van der Waals surface area (Å²) in [6, 6.07) is 13.4. The van der Waals surface area contributed by atoms with E-state index < -0.39 is 0 Å². The number of rotatable bonds is 2. The third-order valence-electron chi connectivity index (χ3n) is 3.61. The van der Waals surface area contributed by atoms with Gasteiger partial charge in [0.1, 0.15) is 0 Å². The van der Waals surface area contributed by atoms with Crippen LogP contribution in [0.4, 0.5) is 11.4 Å². The topological polar surface area (TPSA) is 41.1 Å². The molecular weight excluding hydrogens is 272 g/mol. The van der Waals surface area contributed by atoms with Gasteiger partial charge in [0.25, 0.3) is 0 Å². The highest BCUT2D eigenvalue weighted by Gasteiger charge is 2.28. The fourth-order valence-corrected chi connectivity index (χ4v) is 2.64. The summed E-state index contributed by atoms with van der Waals surface area (Å²) in [4.78, 5) is 12.4. The lowest BCUT2D eigenvalue weighted by atomic mass is 10.0. The summed E-state index contributed by atoms with van der Waals surface area (Å²) < 4.78 is 0. The van der Waals surface area contributed by atoms with Gasteiger partial charge in [0.2, 0.25) is 5.91 Å². The van der Waals surface area contributed by atoms with E-state index in [1.165, 1.54) is 0 Å². The summed E-state index contributed by atoms with van der Waals surface area (Å²) in [5, 5.41) is 6.85. The third-order valence-corrected chi connectivity index (χ3v) is 3.84. The Morgan fingerprint density at radius 3 is 2.95 bits per heavy atom. The highest BCUT2D eigenvalue weighted by atomic mass is 35.5. The largest absolute Gasteiger partial charge is 0.384 e. The molecule has 2 aromatic carbocycles. The standard InChI is InChI=1S/C16H15ClN2O/c1-10-6-7-11(17)8-15(10)19-16(20)13-9-18-14-5-3-2-4-12(13)14/h2-8,13,18H,9H2,1H3,(H,19,20). The number of nitrogens with one attached hydrogen (secondary N) is 2. The molecule has 4 heteroatoms. The highest BCUT2D eigenvalue weighted by Crippen LogP contribution is 2.32. The second kappa shape index (κ2) is 5.17. The fraction of sp³-hybridized carbons (Fsp3) is 0.188. The summed E-state index contributed by atoms with van der Waals surface area (Å²) in [5.74, 6) is -0.169. The molecule has 0 bridgehead atoms. The maximum absolute atomic E-state index is 12.4. The minimum atomic E-state index is -0.162. The first-order valence-electron chi connectivity index (χ1n) is 6.55. The SMILES string of the molecule is Cc1ccc(Cl)cc1NC(=O)C1CNc2ccccc21. The quantitative estimate of drug-likeness (QED) is 0.882. The Hall–Kier alpha value is -2.00. The van der Waals surface area contributed by atoms with Crippen LogP contribution in [0.25, 0.3) is 0 Å². The van der Waals surface area contributed by atoms with Crippen LogP contribution in [-0.4, -0.2) is 12.5 Å². The van der Waals surface area contributed by atoms with E-state index in [0.717, 1.165) is 22.5 Å². The van der Waals surface area contributed by atoms with Crippen molar-refractivity contribution < 1.29 is 4.79 Å². The van der Waals surface area contributed by atoms with Crippen molar-refractivity contribution in [3.8, 4) is 0 Å². The van der Waals surface area contributed by atoms with Crippen molar-refractivity contribution in [2.75, 3.05) is 17.2 Å². The first-order chi connectivity index (χ1) is 9.65. The maximum atomic E-state index is 12.4. The predicted molar refractivity (Wildman–Crippen MR) is 82.5 cm³/mol. The minimum absolute atomic E-state index is 0.00665. The average molecular weight is 287 g/mol. The van der Waals surface area contributed by atoms with Crippen molar-refractivity contribution in [1.29, 1.82) is 0 Å². The zero-order chi connectivity index (χ0) is 14.1. The summed E-state index contributed by atoms with van der Waals surface area (Å²) in [6.45, 7) is 2.58. The van der Waals surface area contributed by atoms with Crippen molar-refractivity contribution in [3.05, 3.63) is 58.6 Å². The van der Waals surface area contributed by atoms with E-state index in [9.17, 15) is 4.79 Å². The number of para-hydroxylation sites is 1.